The van der Waals surface area contributed by atoms with Gasteiger partial charge in [0.05, 0.1) is 0 Å². The van der Waals surface area contributed by atoms with Gasteiger partial charge in [0.15, 0.2) is 0 Å². The second-order valence-corrected chi connectivity index (χ2v) is 4.97. The lowest BCUT2D eigenvalue weighted by molar-refractivity contribution is -0.136. The highest BCUT2D eigenvalue weighted by Gasteiger charge is 2.22. The van der Waals surface area contributed by atoms with Crippen LogP contribution in [0, 0.1) is 0 Å². The minimum atomic E-state index is -0.766. The molecule has 4 heteroatoms. The Hall–Kier alpha value is -0.220. The minimum absolute atomic E-state index is 0.247. The Labute approximate surface area is 83.1 Å². The normalized spacial score (nSPS) is 21.3. The van der Waals surface area contributed by atoms with Gasteiger partial charge in [0.1, 0.15) is 5.25 Å². The monoisotopic (exact) mass is 203 g/mol. The summed E-state index contributed by atoms with van der Waals surface area (Å²) in [5.74, 6) is -0.766. The van der Waals surface area contributed by atoms with Crippen molar-refractivity contribution in [2.24, 2.45) is 5.73 Å². The van der Waals surface area contributed by atoms with Crippen LogP contribution in [0.5, 0.6) is 0 Å². The van der Waals surface area contributed by atoms with Gasteiger partial charge in [-0.15, -0.1) is 11.8 Å². The first-order chi connectivity index (χ1) is 6.24. The number of rotatable bonds is 4. The predicted molar refractivity (Wildman–Crippen MR) is 54.9 cm³/mol. The van der Waals surface area contributed by atoms with Crippen LogP contribution in [0.4, 0.5) is 0 Å². The Morgan fingerprint density at radius 2 is 2.08 bits per heavy atom. The summed E-state index contributed by atoms with van der Waals surface area (Å²) in [7, 11) is 0. The number of hydrogen-bond donors (Lipinski definition) is 2. The number of carboxylic acid groups (broad SMARTS) is 1. The predicted octanol–water partition coefficient (Wildman–Crippen LogP) is 1.46. The van der Waals surface area contributed by atoms with Gasteiger partial charge in [0, 0.05) is 11.8 Å². The topological polar surface area (TPSA) is 63.3 Å². The van der Waals surface area contributed by atoms with E-state index in [9.17, 15) is 4.79 Å². The second kappa shape index (κ2) is 5.50. The highest BCUT2D eigenvalue weighted by Crippen LogP contribution is 2.30. The summed E-state index contributed by atoms with van der Waals surface area (Å²) in [5, 5.41) is 8.93. The summed E-state index contributed by atoms with van der Waals surface area (Å²) in [6.07, 6.45) is 6.11. The Bertz CT molecular complexity index is 169. The van der Waals surface area contributed by atoms with E-state index in [0.717, 1.165) is 12.8 Å². The van der Waals surface area contributed by atoms with Crippen molar-refractivity contribution in [1.82, 2.24) is 0 Å². The lowest BCUT2D eigenvalue weighted by Gasteiger charge is -2.23. The van der Waals surface area contributed by atoms with Crippen molar-refractivity contribution in [2.75, 3.05) is 6.54 Å². The molecule has 0 aromatic rings. The molecule has 3 N–H and O–H groups in total. The highest BCUT2D eigenvalue weighted by atomic mass is 32.2. The van der Waals surface area contributed by atoms with Gasteiger partial charge in [-0.25, -0.2) is 0 Å². The number of hydrogen-bond acceptors (Lipinski definition) is 3. The summed E-state index contributed by atoms with van der Waals surface area (Å²) in [5.41, 5.74) is 5.39. The van der Waals surface area contributed by atoms with Gasteiger partial charge in [-0.05, 0) is 12.8 Å². The van der Waals surface area contributed by atoms with Crippen LogP contribution >= 0.6 is 11.8 Å². The molecule has 0 aromatic heterocycles. The van der Waals surface area contributed by atoms with Crippen LogP contribution in [0.1, 0.15) is 32.1 Å². The Morgan fingerprint density at radius 1 is 1.46 bits per heavy atom. The molecule has 1 fully saturated rings. The maximum absolute atomic E-state index is 10.7. The molecule has 0 aromatic carbocycles. The van der Waals surface area contributed by atoms with Crippen molar-refractivity contribution < 1.29 is 9.90 Å². The van der Waals surface area contributed by atoms with Crippen LogP contribution in [0.15, 0.2) is 0 Å². The summed E-state index contributed by atoms with van der Waals surface area (Å²) in [6.45, 7) is 0.247. The molecule has 0 spiro atoms. The van der Waals surface area contributed by atoms with E-state index in [-0.39, 0.29) is 6.54 Å². The number of aliphatic carboxylic acids is 1. The largest absolute Gasteiger partial charge is 0.480 e. The van der Waals surface area contributed by atoms with E-state index in [4.69, 9.17) is 10.8 Å². The SMILES string of the molecule is NC[C@H](SC1CCCCC1)C(=O)O. The van der Waals surface area contributed by atoms with Crippen LogP contribution in [-0.4, -0.2) is 28.1 Å². The molecule has 0 aliphatic heterocycles. The standard InChI is InChI=1S/C9H17NO2S/c10-6-8(9(11)12)13-7-4-2-1-3-5-7/h7-8H,1-6,10H2,(H,11,12)/t8-/m0/s1. The summed E-state index contributed by atoms with van der Waals surface area (Å²) >= 11 is 1.55. The molecular formula is C9H17NO2S. The van der Waals surface area contributed by atoms with E-state index in [1.54, 1.807) is 11.8 Å². The summed E-state index contributed by atoms with van der Waals surface area (Å²) in [4.78, 5) is 10.7. The molecule has 1 rings (SSSR count). The zero-order valence-electron chi connectivity index (χ0n) is 7.74. The molecule has 1 atom stereocenters. The lowest BCUT2D eigenvalue weighted by atomic mass is 10.0. The molecule has 0 saturated heterocycles. The molecule has 1 aliphatic carbocycles. The van der Waals surface area contributed by atoms with Crippen molar-refractivity contribution in [3.05, 3.63) is 0 Å². The molecule has 1 saturated carbocycles. The molecule has 0 radical (unpaired) electrons. The number of carboxylic acids is 1. The average molecular weight is 203 g/mol. The molecule has 0 bridgehead atoms. The van der Waals surface area contributed by atoms with Crippen molar-refractivity contribution >= 4 is 17.7 Å². The summed E-state index contributed by atoms with van der Waals surface area (Å²) < 4.78 is 0. The van der Waals surface area contributed by atoms with E-state index in [1.807, 2.05) is 0 Å². The molecule has 1 aliphatic rings. The van der Waals surface area contributed by atoms with Crippen LogP contribution in [0.3, 0.4) is 0 Å². The third-order valence-electron chi connectivity index (χ3n) is 2.40. The van der Waals surface area contributed by atoms with Crippen molar-refractivity contribution in [1.29, 1.82) is 0 Å². The number of thioether (sulfide) groups is 1. The van der Waals surface area contributed by atoms with Gasteiger partial charge >= 0.3 is 5.97 Å². The van der Waals surface area contributed by atoms with E-state index >= 15 is 0 Å². The van der Waals surface area contributed by atoms with Gasteiger partial charge in [0.25, 0.3) is 0 Å². The van der Waals surface area contributed by atoms with Crippen molar-refractivity contribution in [3.8, 4) is 0 Å². The van der Waals surface area contributed by atoms with Crippen LogP contribution < -0.4 is 5.73 Å². The molecule has 0 heterocycles. The first-order valence-corrected chi connectivity index (χ1v) is 5.76. The first-order valence-electron chi connectivity index (χ1n) is 4.82. The molecule has 3 nitrogen and oxygen atoms in total. The first kappa shape index (κ1) is 10.9. The van der Waals surface area contributed by atoms with E-state index < -0.39 is 11.2 Å². The molecule has 0 amide bonds. The third kappa shape index (κ3) is 3.56. The van der Waals surface area contributed by atoms with Crippen molar-refractivity contribution in [3.63, 3.8) is 0 Å². The zero-order valence-corrected chi connectivity index (χ0v) is 8.55. The van der Waals surface area contributed by atoms with Gasteiger partial charge < -0.3 is 10.8 Å². The van der Waals surface area contributed by atoms with Crippen molar-refractivity contribution in [2.45, 2.75) is 42.6 Å². The van der Waals surface area contributed by atoms with E-state index in [0.29, 0.717) is 5.25 Å². The maximum Gasteiger partial charge on any atom is 0.317 e. The quantitative estimate of drug-likeness (QED) is 0.726. The fourth-order valence-corrected chi connectivity index (χ4v) is 2.95. The van der Waals surface area contributed by atoms with Crippen LogP contribution in [-0.2, 0) is 4.79 Å². The third-order valence-corrected chi connectivity index (χ3v) is 3.98. The molecule has 0 unspecified atom stereocenters. The van der Waals surface area contributed by atoms with E-state index in [1.165, 1.54) is 19.3 Å². The fraction of sp³-hybridized carbons (Fsp3) is 0.889. The van der Waals surface area contributed by atoms with Crippen LogP contribution in [0.2, 0.25) is 0 Å². The van der Waals surface area contributed by atoms with Gasteiger partial charge in [-0.1, -0.05) is 19.3 Å². The highest BCUT2D eigenvalue weighted by molar-refractivity contribution is 8.01. The Balaban J connectivity index is 2.31. The second-order valence-electron chi connectivity index (χ2n) is 3.46. The van der Waals surface area contributed by atoms with Crippen LogP contribution in [0.25, 0.3) is 0 Å². The molecular weight excluding hydrogens is 186 g/mol. The summed E-state index contributed by atoms with van der Waals surface area (Å²) in [6, 6.07) is 0. The average Bonchev–Trinajstić information content (AvgIpc) is 2.15. The van der Waals surface area contributed by atoms with E-state index in [2.05, 4.69) is 0 Å². The smallest absolute Gasteiger partial charge is 0.317 e. The Kier molecular flexibility index (Phi) is 4.59. The van der Waals surface area contributed by atoms with Gasteiger partial charge in [0.2, 0.25) is 0 Å². The lowest BCUT2D eigenvalue weighted by Crippen LogP contribution is -2.29. The Morgan fingerprint density at radius 3 is 2.54 bits per heavy atom. The maximum atomic E-state index is 10.7. The number of nitrogens with two attached hydrogens (primary N) is 1. The fourth-order valence-electron chi connectivity index (χ4n) is 1.65. The van der Waals surface area contributed by atoms with Gasteiger partial charge in [-0.3, -0.25) is 4.79 Å². The zero-order chi connectivity index (χ0) is 9.68. The van der Waals surface area contributed by atoms with Gasteiger partial charge in [-0.2, -0.15) is 0 Å². The minimum Gasteiger partial charge on any atom is -0.480 e. The molecule has 76 valence electrons. The molecule has 13 heavy (non-hydrogen) atoms. The number of carbonyl (C=O) groups is 1.